The zero-order valence-corrected chi connectivity index (χ0v) is 10.7. The van der Waals surface area contributed by atoms with Crippen molar-refractivity contribution in [3.63, 3.8) is 0 Å². The van der Waals surface area contributed by atoms with Gasteiger partial charge >= 0.3 is 0 Å². The van der Waals surface area contributed by atoms with E-state index in [9.17, 15) is 0 Å². The number of hydrogen-bond donors (Lipinski definition) is 1. The highest BCUT2D eigenvalue weighted by Gasteiger charge is 2.17. The average Bonchev–Trinajstić information content (AvgIpc) is 2.34. The molecule has 94 valence electrons. The van der Waals surface area contributed by atoms with Gasteiger partial charge in [0.25, 0.3) is 0 Å². The molecule has 0 bridgehead atoms. The van der Waals surface area contributed by atoms with E-state index in [1.165, 1.54) is 0 Å². The Morgan fingerprint density at radius 1 is 1.18 bits per heavy atom. The van der Waals surface area contributed by atoms with Crippen LogP contribution in [0.5, 0.6) is 0 Å². The standard InChI is InChI=1S/C12H21N5/c1-10-11(2)15-12(9-14-10)17-7-5-16(4-3-13)6-8-17/h9H,3-8,13H2,1-2H3. The van der Waals surface area contributed by atoms with Gasteiger partial charge in [-0.25, -0.2) is 4.98 Å². The molecule has 1 fully saturated rings. The Kier molecular flexibility index (Phi) is 3.91. The third-order valence-electron chi connectivity index (χ3n) is 3.32. The molecule has 1 aromatic rings. The van der Waals surface area contributed by atoms with Gasteiger partial charge in [-0.05, 0) is 13.8 Å². The molecule has 2 rings (SSSR count). The van der Waals surface area contributed by atoms with Crippen molar-refractivity contribution in [2.75, 3.05) is 44.2 Å². The van der Waals surface area contributed by atoms with E-state index in [2.05, 4.69) is 19.8 Å². The predicted molar refractivity (Wildman–Crippen MR) is 69.2 cm³/mol. The highest BCUT2D eigenvalue weighted by molar-refractivity contribution is 5.38. The number of nitrogens with zero attached hydrogens (tertiary/aromatic N) is 4. The first kappa shape index (κ1) is 12.3. The second-order valence-corrected chi connectivity index (χ2v) is 4.52. The maximum atomic E-state index is 5.56. The topological polar surface area (TPSA) is 58.3 Å². The molecule has 0 aromatic carbocycles. The fourth-order valence-electron chi connectivity index (χ4n) is 2.07. The summed E-state index contributed by atoms with van der Waals surface area (Å²) in [6.07, 6.45) is 1.88. The third-order valence-corrected chi connectivity index (χ3v) is 3.32. The largest absolute Gasteiger partial charge is 0.353 e. The van der Waals surface area contributed by atoms with Gasteiger partial charge in [0.1, 0.15) is 5.82 Å². The summed E-state index contributed by atoms with van der Waals surface area (Å²) in [7, 11) is 0. The lowest BCUT2D eigenvalue weighted by Gasteiger charge is -2.35. The molecule has 0 radical (unpaired) electrons. The van der Waals surface area contributed by atoms with Crippen molar-refractivity contribution in [3.8, 4) is 0 Å². The lowest BCUT2D eigenvalue weighted by Crippen LogP contribution is -2.48. The smallest absolute Gasteiger partial charge is 0.147 e. The Labute approximate surface area is 103 Å². The van der Waals surface area contributed by atoms with Crippen molar-refractivity contribution < 1.29 is 0 Å². The molecule has 1 aliphatic heterocycles. The van der Waals surface area contributed by atoms with Crippen molar-refractivity contribution in [1.29, 1.82) is 0 Å². The first-order chi connectivity index (χ1) is 8.20. The molecule has 5 heteroatoms. The number of aromatic nitrogens is 2. The van der Waals surface area contributed by atoms with Gasteiger partial charge in [-0.1, -0.05) is 0 Å². The second-order valence-electron chi connectivity index (χ2n) is 4.52. The Morgan fingerprint density at radius 2 is 1.88 bits per heavy atom. The summed E-state index contributed by atoms with van der Waals surface area (Å²) in [6.45, 7) is 9.88. The quantitative estimate of drug-likeness (QED) is 0.809. The maximum Gasteiger partial charge on any atom is 0.147 e. The van der Waals surface area contributed by atoms with E-state index in [4.69, 9.17) is 5.73 Å². The molecule has 17 heavy (non-hydrogen) atoms. The molecule has 0 aliphatic carbocycles. The molecule has 0 amide bonds. The van der Waals surface area contributed by atoms with Crippen molar-refractivity contribution in [2.45, 2.75) is 13.8 Å². The van der Waals surface area contributed by atoms with Crippen molar-refractivity contribution in [1.82, 2.24) is 14.9 Å². The van der Waals surface area contributed by atoms with Crippen LogP contribution in [0.3, 0.4) is 0 Å². The Bertz CT molecular complexity index is 371. The van der Waals surface area contributed by atoms with Crippen LogP contribution in [-0.4, -0.2) is 54.1 Å². The van der Waals surface area contributed by atoms with Crippen LogP contribution < -0.4 is 10.6 Å². The molecule has 5 nitrogen and oxygen atoms in total. The Morgan fingerprint density at radius 3 is 2.47 bits per heavy atom. The molecule has 0 atom stereocenters. The molecule has 1 saturated heterocycles. The van der Waals surface area contributed by atoms with E-state index in [0.717, 1.165) is 56.5 Å². The average molecular weight is 235 g/mol. The van der Waals surface area contributed by atoms with Gasteiger partial charge in [-0.2, -0.15) is 0 Å². The molecule has 2 heterocycles. The first-order valence-electron chi connectivity index (χ1n) is 6.18. The highest BCUT2D eigenvalue weighted by atomic mass is 15.3. The van der Waals surface area contributed by atoms with Crippen LogP contribution in [0.25, 0.3) is 0 Å². The fraction of sp³-hybridized carbons (Fsp3) is 0.667. The Balaban J connectivity index is 1.98. The number of rotatable bonds is 3. The van der Waals surface area contributed by atoms with Crippen LogP contribution in [-0.2, 0) is 0 Å². The van der Waals surface area contributed by atoms with E-state index in [0.29, 0.717) is 0 Å². The van der Waals surface area contributed by atoms with Gasteiger partial charge in [-0.15, -0.1) is 0 Å². The van der Waals surface area contributed by atoms with Gasteiger partial charge in [0.15, 0.2) is 0 Å². The minimum absolute atomic E-state index is 0.740. The summed E-state index contributed by atoms with van der Waals surface area (Å²) in [4.78, 5) is 13.7. The molecule has 0 unspecified atom stereocenters. The second kappa shape index (κ2) is 5.42. The SMILES string of the molecule is Cc1ncc(N2CCN(CCN)CC2)nc1C. The van der Waals surface area contributed by atoms with Crippen molar-refractivity contribution in [2.24, 2.45) is 5.73 Å². The molecular weight excluding hydrogens is 214 g/mol. The van der Waals surface area contributed by atoms with Gasteiger partial charge < -0.3 is 10.6 Å². The summed E-state index contributed by atoms with van der Waals surface area (Å²) in [5.41, 5.74) is 7.59. The molecule has 2 N–H and O–H groups in total. The zero-order valence-electron chi connectivity index (χ0n) is 10.7. The third kappa shape index (κ3) is 2.92. The lowest BCUT2D eigenvalue weighted by atomic mass is 10.3. The van der Waals surface area contributed by atoms with Crippen LogP contribution in [0.15, 0.2) is 6.20 Å². The maximum absolute atomic E-state index is 5.56. The van der Waals surface area contributed by atoms with Gasteiger partial charge in [0.2, 0.25) is 0 Å². The van der Waals surface area contributed by atoms with E-state index < -0.39 is 0 Å². The fourth-order valence-corrected chi connectivity index (χ4v) is 2.07. The molecule has 1 aromatic heterocycles. The number of aryl methyl sites for hydroxylation is 2. The first-order valence-corrected chi connectivity index (χ1v) is 6.18. The number of piperazine rings is 1. The summed E-state index contributed by atoms with van der Waals surface area (Å²) in [5.74, 6) is 1.00. The minimum atomic E-state index is 0.740. The van der Waals surface area contributed by atoms with Gasteiger partial charge in [0.05, 0.1) is 17.6 Å². The minimum Gasteiger partial charge on any atom is -0.353 e. The predicted octanol–water partition coefficient (Wildman–Crippen LogP) is 0.174. The number of hydrogen-bond acceptors (Lipinski definition) is 5. The van der Waals surface area contributed by atoms with Crippen molar-refractivity contribution in [3.05, 3.63) is 17.6 Å². The summed E-state index contributed by atoms with van der Waals surface area (Å²) in [5, 5.41) is 0. The van der Waals surface area contributed by atoms with E-state index in [-0.39, 0.29) is 0 Å². The van der Waals surface area contributed by atoms with Crippen LogP contribution in [0.4, 0.5) is 5.82 Å². The van der Waals surface area contributed by atoms with Gasteiger partial charge in [-0.3, -0.25) is 9.88 Å². The van der Waals surface area contributed by atoms with Crippen LogP contribution >= 0.6 is 0 Å². The van der Waals surface area contributed by atoms with E-state index in [1.54, 1.807) is 0 Å². The number of anilines is 1. The summed E-state index contributed by atoms with van der Waals surface area (Å²) < 4.78 is 0. The van der Waals surface area contributed by atoms with E-state index >= 15 is 0 Å². The monoisotopic (exact) mass is 235 g/mol. The van der Waals surface area contributed by atoms with E-state index in [1.807, 2.05) is 20.0 Å². The zero-order chi connectivity index (χ0) is 12.3. The van der Waals surface area contributed by atoms with Crippen molar-refractivity contribution >= 4 is 5.82 Å². The van der Waals surface area contributed by atoms with Crippen LogP contribution in [0.2, 0.25) is 0 Å². The highest BCUT2D eigenvalue weighted by Crippen LogP contribution is 2.14. The number of nitrogens with two attached hydrogens (primary N) is 1. The Hall–Kier alpha value is -1.20. The molecular formula is C12H21N5. The lowest BCUT2D eigenvalue weighted by molar-refractivity contribution is 0.264. The van der Waals surface area contributed by atoms with Crippen LogP contribution in [0.1, 0.15) is 11.4 Å². The van der Waals surface area contributed by atoms with Crippen LogP contribution in [0, 0.1) is 13.8 Å². The van der Waals surface area contributed by atoms with Gasteiger partial charge in [0, 0.05) is 39.3 Å². The molecule has 1 aliphatic rings. The molecule has 0 spiro atoms. The summed E-state index contributed by atoms with van der Waals surface area (Å²) >= 11 is 0. The summed E-state index contributed by atoms with van der Waals surface area (Å²) in [6, 6.07) is 0. The normalized spacial score (nSPS) is 17.5. The molecule has 0 saturated carbocycles.